The molecule has 0 aliphatic heterocycles. The van der Waals surface area contributed by atoms with Crippen molar-refractivity contribution in [2.24, 2.45) is 0 Å². The lowest BCUT2D eigenvalue weighted by molar-refractivity contribution is 0.271. The minimum Gasteiger partial charge on any atom is -0.390 e. The van der Waals surface area contributed by atoms with Crippen LogP contribution in [0.15, 0.2) is 48.9 Å². The zero-order valence-electron chi connectivity index (χ0n) is 9.32. The predicted octanol–water partition coefficient (Wildman–Crippen LogP) is 1.68. The lowest BCUT2D eigenvalue weighted by Crippen LogP contribution is -2.03. The summed E-state index contributed by atoms with van der Waals surface area (Å²) < 4.78 is 4.00. The van der Waals surface area contributed by atoms with Crippen LogP contribution in [0, 0.1) is 0 Å². The smallest absolute Gasteiger partial charge is 0.137 e. The van der Waals surface area contributed by atoms with Gasteiger partial charge >= 0.3 is 0 Å². The number of nitrogens with zero attached hydrogens (tertiary/aromatic N) is 3. The Morgan fingerprint density at radius 2 is 2.06 bits per heavy atom. The monoisotopic (exact) mass is 227 g/mol. The highest BCUT2D eigenvalue weighted by Crippen LogP contribution is 2.09. The number of hydrogen-bond acceptors (Lipinski definition) is 2. The van der Waals surface area contributed by atoms with E-state index in [4.69, 9.17) is 0 Å². The summed E-state index contributed by atoms with van der Waals surface area (Å²) in [6, 6.07) is 9.78. The van der Waals surface area contributed by atoms with Crippen LogP contribution in [0.5, 0.6) is 0 Å². The second kappa shape index (κ2) is 4.07. The minimum atomic E-state index is 0.0559. The Morgan fingerprint density at radius 1 is 1.12 bits per heavy atom. The first-order chi connectivity index (χ1) is 8.36. The number of fused-ring (bicyclic) bond motifs is 1. The quantitative estimate of drug-likeness (QED) is 0.739. The Labute approximate surface area is 98.8 Å². The van der Waals surface area contributed by atoms with Crippen molar-refractivity contribution in [1.82, 2.24) is 14.0 Å². The van der Waals surface area contributed by atoms with Gasteiger partial charge in [-0.05, 0) is 24.3 Å². The average Bonchev–Trinajstić information content (AvgIpc) is 2.94. The highest BCUT2D eigenvalue weighted by molar-refractivity contribution is 5.39. The van der Waals surface area contributed by atoms with Gasteiger partial charge in [-0.15, -0.1) is 0 Å². The Balaban J connectivity index is 1.94. The fourth-order valence-corrected chi connectivity index (χ4v) is 1.99. The van der Waals surface area contributed by atoms with Crippen molar-refractivity contribution in [3.63, 3.8) is 0 Å². The Morgan fingerprint density at radius 3 is 2.88 bits per heavy atom. The van der Waals surface area contributed by atoms with Crippen molar-refractivity contribution < 1.29 is 5.11 Å². The molecule has 1 N–H and O–H groups in total. The lowest BCUT2D eigenvalue weighted by atomic mass is 10.4. The van der Waals surface area contributed by atoms with E-state index in [1.807, 2.05) is 57.9 Å². The van der Waals surface area contributed by atoms with Gasteiger partial charge in [-0.1, -0.05) is 6.07 Å². The standard InChI is InChI=1S/C13H13N3O/c17-10-12-4-3-7-15(12)8-11-9-16-6-2-1-5-13(16)14-11/h1-7,9,17H,8,10H2. The molecule has 0 aliphatic rings. The Hall–Kier alpha value is -2.07. The van der Waals surface area contributed by atoms with Crippen LogP contribution in [-0.4, -0.2) is 19.1 Å². The second-order valence-electron chi connectivity index (χ2n) is 3.98. The summed E-state index contributed by atoms with van der Waals surface area (Å²) in [5.41, 5.74) is 2.84. The minimum absolute atomic E-state index is 0.0559. The maximum atomic E-state index is 9.18. The van der Waals surface area contributed by atoms with E-state index in [0.717, 1.165) is 17.0 Å². The average molecular weight is 227 g/mol. The number of aliphatic hydroxyl groups is 1. The predicted molar refractivity (Wildman–Crippen MR) is 64.6 cm³/mol. The van der Waals surface area contributed by atoms with Gasteiger partial charge < -0.3 is 14.1 Å². The Bertz CT molecular complexity index is 606. The summed E-state index contributed by atoms with van der Waals surface area (Å²) in [4.78, 5) is 4.52. The first kappa shape index (κ1) is 10.1. The van der Waals surface area contributed by atoms with Crippen molar-refractivity contribution in [2.75, 3.05) is 0 Å². The van der Waals surface area contributed by atoms with Crippen molar-refractivity contribution in [1.29, 1.82) is 0 Å². The molecular formula is C13H13N3O. The van der Waals surface area contributed by atoms with Gasteiger partial charge in [0, 0.05) is 24.3 Å². The summed E-state index contributed by atoms with van der Waals surface area (Å²) in [7, 11) is 0. The molecule has 86 valence electrons. The molecular weight excluding hydrogens is 214 g/mol. The largest absolute Gasteiger partial charge is 0.390 e. The highest BCUT2D eigenvalue weighted by atomic mass is 16.3. The number of aliphatic hydroxyl groups excluding tert-OH is 1. The maximum Gasteiger partial charge on any atom is 0.137 e. The number of aromatic nitrogens is 3. The summed E-state index contributed by atoms with van der Waals surface area (Å²) in [5, 5.41) is 9.18. The van der Waals surface area contributed by atoms with Crippen molar-refractivity contribution in [3.8, 4) is 0 Å². The van der Waals surface area contributed by atoms with E-state index in [9.17, 15) is 5.11 Å². The van der Waals surface area contributed by atoms with E-state index in [0.29, 0.717) is 6.54 Å². The second-order valence-corrected chi connectivity index (χ2v) is 3.98. The van der Waals surface area contributed by atoms with Crippen LogP contribution in [0.1, 0.15) is 11.4 Å². The lowest BCUT2D eigenvalue weighted by Gasteiger charge is -2.04. The molecule has 0 saturated carbocycles. The third-order valence-corrected chi connectivity index (χ3v) is 2.83. The first-order valence-corrected chi connectivity index (χ1v) is 5.54. The van der Waals surface area contributed by atoms with Crippen LogP contribution in [-0.2, 0) is 13.2 Å². The summed E-state index contributed by atoms with van der Waals surface area (Å²) in [5.74, 6) is 0. The molecule has 4 heteroatoms. The van der Waals surface area contributed by atoms with Gasteiger partial charge in [-0.25, -0.2) is 4.98 Å². The molecule has 0 unspecified atom stereocenters. The third-order valence-electron chi connectivity index (χ3n) is 2.83. The van der Waals surface area contributed by atoms with Gasteiger partial charge in [0.15, 0.2) is 0 Å². The SMILES string of the molecule is OCc1cccn1Cc1cn2ccccc2n1. The molecule has 4 nitrogen and oxygen atoms in total. The normalized spacial score (nSPS) is 11.1. The molecule has 0 radical (unpaired) electrons. The molecule has 0 aromatic carbocycles. The topological polar surface area (TPSA) is 42.5 Å². The summed E-state index contributed by atoms with van der Waals surface area (Å²) >= 11 is 0. The molecule has 0 spiro atoms. The highest BCUT2D eigenvalue weighted by Gasteiger charge is 2.04. The molecule has 0 aliphatic carbocycles. The van der Waals surface area contributed by atoms with E-state index in [1.54, 1.807) is 0 Å². The zero-order chi connectivity index (χ0) is 11.7. The van der Waals surface area contributed by atoms with E-state index in [1.165, 1.54) is 0 Å². The van der Waals surface area contributed by atoms with Crippen molar-refractivity contribution in [3.05, 3.63) is 60.3 Å². The van der Waals surface area contributed by atoms with Crippen molar-refractivity contribution >= 4 is 5.65 Å². The molecule has 3 heterocycles. The third kappa shape index (κ3) is 1.83. The van der Waals surface area contributed by atoms with E-state index in [2.05, 4.69) is 4.98 Å². The first-order valence-electron chi connectivity index (χ1n) is 5.54. The fraction of sp³-hybridized carbons (Fsp3) is 0.154. The van der Waals surface area contributed by atoms with Gasteiger partial charge in [0.25, 0.3) is 0 Å². The van der Waals surface area contributed by atoms with Gasteiger partial charge in [0.05, 0.1) is 18.8 Å². The zero-order valence-corrected chi connectivity index (χ0v) is 9.32. The van der Waals surface area contributed by atoms with Crippen LogP contribution >= 0.6 is 0 Å². The molecule has 17 heavy (non-hydrogen) atoms. The van der Waals surface area contributed by atoms with E-state index >= 15 is 0 Å². The van der Waals surface area contributed by atoms with Crippen LogP contribution in [0.25, 0.3) is 5.65 Å². The number of rotatable bonds is 3. The van der Waals surface area contributed by atoms with Crippen LogP contribution in [0.4, 0.5) is 0 Å². The molecule has 0 atom stereocenters. The molecule has 3 rings (SSSR count). The molecule has 3 aromatic heterocycles. The fourth-order valence-electron chi connectivity index (χ4n) is 1.99. The van der Waals surface area contributed by atoms with E-state index < -0.39 is 0 Å². The van der Waals surface area contributed by atoms with Crippen LogP contribution in [0.2, 0.25) is 0 Å². The van der Waals surface area contributed by atoms with E-state index in [-0.39, 0.29) is 6.61 Å². The van der Waals surface area contributed by atoms with Gasteiger partial charge in [0.1, 0.15) is 5.65 Å². The van der Waals surface area contributed by atoms with Gasteiger partial charge in [-0.3, -0.25) is 0 Å². The molecule has 0 amide bonds. The van der Waals surface area contributed by atoms with Gasteiger partial charge in [0.2, 0.25) is 0 Å². The molecule has 0 fully saturated rings. The number of imidazole rings is 1. The molecule has 0 saturated heterocycles. The number of pyridine rings is 1. The molecule has 0 bridgehead atoms. The Kier molecular flexibility index (Phi) is 2.42. The maximum absolute atomic E-state index is 9.18. The van der Waals surface area contributed by atoms with Gasteiger partial charge in [-0.2, -0.15) is 0 Å². The number of hydrogen-bond donors (Lipinski definition) is 1. The summed E-state index contributed by atoms with van der Waals surface area (Å²) in [6.45, 7) is 0.741. The van der Waals surface area contributed by atoms with Crippen molar-refractivity contribution in [2.45, 2.75) is 13.2 Å². The van der Waals surface area contributed by atoms with Crippen LogP contribution in [0.3, 0.4) is 0 Å². The summed E-state index contributed by atoms with van der Waals surface area (Å²) in [6.07, 6.45) is 5.94. The molecule has 3 aromatic rings. The van der Waals surface area contributed by atoms with Crippen LogP contribution < -0.4 is 0 Å².